The highest BCUT2D eigenvalue weighted by Crippen LogP contribution is 2.41. The minimum Gasteiger partial charge on any atom is -0.497 e. The average molecular weight is 360 g/mol. The first kappa shape index (κ1) is 18.7. The third-order valence-corrected chi connectivity index (χ3v) is 5.37. The molecule has 0 radical (unpaired) electrons. The zero-order valence-electron chi connectivity index (χ0n) is 15.6. The minimum atomic E-state index is -0.137. The smallest absolute Gasteiger partial charge is 0.308 e. The first-order chi connectivity index (χ1) is 12.6. The molecule has 1 amide bonds. The Labute approximate surface area is 154 Å². The van der Waals surface area contributed by atoms with Gasteiger partial charge in [0, 0.05) is 0 Å². The summed E-state index contributed by atoms with van der Waals surface area (Å²) in [7, 11) is 3.08. The van der Waals surface area contributed by atoms with Gasteiger partial charge in [-0.2, -0.15) is 0 Å². The summed E-state index contributed by atoms with van der Waals surface area (Å²) < 4.78 is 10.0. The van der Waals surface area contributed by atoms with Crippen LogP contribution in [0, 0.1) is 11.8 Å². The van der Waals surface area contributed by atoms with Crippen molar-refractivity contribution in [2.75, 3.05) is 33.9 Å². The highest BCUT2D eigenvalue weighted by Gasteiger charge is 2.34. The molecule has 2 fully saturated rings. The summed E-state index contributed by atoms with van der Waals surface area (Å²) in [4.78, 5) is 26.3. The van der Waals surface area contributed by atoms with Crippen LogP contribution in [-0.2, 0) is 14.3 Å². The number of nitrogens with one attached hydrogen (secondary N) is 1. The van der Waals surface area contributed by atoms with Crippen LogP contribution in [0.3, 0.4) is 0 Å². The van der Waals surface area contributed by atoms with Crippen LogP contribution in [0.5, 0.6) is 5.75 Å². The Hall–Kier alpha value is -2.08. The summed E-state index contributed by atoms with van der Waals surface area (Å²) in [6.07, 6.45) is 3.82. The minimum absolute atomic E-state index is 0.0298. The molecule has 0 bridgehead atoms. The van der Waals surface area contributed by atoms with E-state index in [9.17, 15) is 9.59 Å². The van der Waals surface area contributed by atoms with Crippen LogP contribution in [0.1, 0.15) is 37.3 Å². The van der Waals surface area contributed by atoms with Gasteiger partial charge in [0.05, 0.1) is 32.7 Å². The largest absolute Gasteiger partial charge is 0.497 e. The van der Waals surface area contributed by atoms with Crippen molar-refractivity contribution in [2.24, 2.45) is 11.8 Å². The van der Waals surface area contributed by atoms with Crippen LogP contribution in [-0.4, -0.2) is 50.6 Å². The number of carbonyl (C=O) groups excluding carboxylic acids is 2. The van der Waals surface area contributed by atoms with Gasteiger partial charge >= 0.3 is 5.97 Å². The lowest BCUT2D eigenvalue weighted by atomic mass is 9.97. The molecule has 1 aromatic carbocycles. The second kappa shape index (κ2) is 8.54. The molecule has 6 nitrogen and oxygen atoms in total. The summed E-state index contributed by atoms with van der Waals surface area (Å²) in [5, 5.41) is 3.21. The molecule has 1 aliphatic heterocycles. The lowest BCUT2D eigenvalue weighted by molar-refractivity contribution is -0.147. The van der Waals surface area contributed by atoms with Gasteiger partial charge < -0.3 is 14.8 Å². The first-order valence-corrected chi connectivity index (χ1v) is 9.34. The van der Waals surface area contributed by atoms with Crippen molar-refractivity contribution in [3.8, 4) is 5.75 Å². The van der Waals surface area contributed by atoms with E-state index in [0.29, 0.717) is 12.5 Å². The maximum absolute atomic E-state index is 12.6. The third kappa shape index (κ3) is 4.75. The number of carbonyl (C=O) groups is 2. The van der Waals surface area contributed by atoms with Gasteiger partial charge in [0.1, 0.15) is 5.75 Å². The molecular weight excluding hydrogens is 332 g/mol. The number of nitrogens with zero attached hydrogens (tertiary/aromatic N) is 1. The summed E-state index contributed by atoms with van der Waals surface area (Å²) >= 11 is 0. The van der Waals surface area contributed by atoms with Gasteiger partial charge in [0.25, 0.3) is 0 Å². The van der Waals surface area contributed by atoms with E-state index in [1.807, 2.05) is 24.3 Å². The predicted octanol–water partition coefficient (Wildman–Crippen LogP) is 2.15. The molecule has 0 spiro atoms. The lowest BCUT2D eigenvalue weighted by Gasteiger charge is -2.30. The molecule has 2 aliphatic rings. The van der Waals surface area contributed by atoms with Crippen LogP contribution in [0.2, 0.25) is 0 Å². The number of hydrogen-bond donors (Lipinski definition) is 1. The van der Waals surface area contributed by atoms with Crippen molar-refractivity contribution in [3.63, 3.8) is 0 Å². The number of rotatable bonds is 7. The summed E-state index contributed by atoms with van der Waals surface area (Å²) in [6.45, 7) is 1.89. The topological polar surface area (TPSA) is 67.9 Å². The van der Waals surface area contributed by atoms with Crippen LogP contribution in [0.25, 0.3) is 0 Å². The quantitative estimate of drug-likeness (QED) is 0.755. The number of hydrogen-bond acceptors (Lipinski definition) is 5. The summed E-state index contributed by atoms with van der Waals surface area (Å²) in [5.41, 5.74) is 1.13. The molecule has 1 unspecified atom stereocenters. The van der Waals surface area contributed by atoms with E-state index in [0.717, 1.165) is 50.1 Å². The SMILES string of the molecule is COC(=O)C1CCN(CC(=O)NC(c2ccc(OC)cc2)C2CC2)CC1. The van der Waals surface area contributed by atoms with E-state index in [1.54, 1.807) is 7.11 Å². The molecule has 1 saturated heterocycles. The number of esters is 1. The number of amides is 1. The van der Waals surface area contributed by atoms with Gasteiger partial charge in [-0.15, -0.1) is 0 Å². The van der Waals surface area contributed by atoms with Gasteiger partial charge in [-0.05, 0) is 62.4 Å². The number of methoxy groups -OCH3 is 2. The Kier molecular flexibility index (Phi) is 6.14. The molecule has 0 aromatic heterocycles. The molecule has 142 valence electrons. The van der Waals surface area contributed by atoms with Crippen molar-refractivity contribution in [2.45, 2.75) is 31.7 Å². The second-order valence-electron chi connectivity index (χ2n) is 7.23. The maximum Gasteiger partial charge on any atom is 0.308 e. The zero-order valence-corrected chi connectivity index (χ0v) is 15.6. The number of piperidine rings is 1. The Morgan fingerprint density at radius 2 is 1.77 bits per heavy atom. The number of likely N-dealkylation sites (tertiary alicyclic amines) is 1. The molecule has 6 heteroatoms. The van der Waals surface area contributed by atoms with Crippen LogP contribution >= 0.6 is 0 Å². The molecule has 1 aliphatic carbocycles. The standard InChI is InChI=1S/C20H28N2O4/c1-25-17-7-5-15(6-8-17)19(14-3-4-14)21-18(23)13-22-11-9-16(10-12-22)20(24)26-2/h5-8,14,16,19H,3-4,9-13H2,1-2H3,(H,21,23). The van der Waals surface area contributed by atoms with E-state index in [2.05, 4.69) is 10.2 Å². The Balaban J connectivity index is 1.52. The zero-order chi connectivity index (χ0) is 18.5. The molecule has 1 N–H and O–H groups in total. The van der Waals surface area contributed by atoms with Gasteiger partial charge in [0.15, 0.2) is 0 Å². The highest BCUT2D eigenvalue weighted by molar-refractivity contribution is 5.78. The van der Waals surface area contributed by atoms with Gasteiger partial charge in [-0.3, -0.25) is 14.5 Å². The molecule has 1 saturated carbocycles. The summed E-state index contributed by atoms with van der Waals surface area (Å²) in [5.74, 6) is 1.23. The van der Waals surface area contributed by atoms with Crippen LogP contribution in [0.15, 0.2) is 24.3 Å². The van der Waals surface area contributed by atoms with E-state index >= 15 is 0 Å². The summed E-state index contributed by atoms with van der Waals surface area (Å²) in [6, 6.07) is 8.01. The fraction of sp³-hybridized carbons (Fsp3) is 0.600. The molecule has 3 rings (SSSR count). The van der Waals surface area contributed by atoms with Gasteiger partial charge in [0.2, 0.25) is 5.91 Å². The Morgan fingerprint density at radius 1 is 1.12 bits per heavy atom. The van der Waals surface area contributed by atoms with Gasteiger partial charge in [-0.25, -0.2) is 0 Å². The van der Waals surface area contributed by atoms with Crippen molar-refractivity contribution >= 4 is 11.9 Å². The van der Waals surface area contributed by atoms with Crippen molar-refractivity contribution in [1.29, 1.82) is 0 Å². The number of ether oxygens (including phenoxy) is 2. The third-order valence-electron chi connectivity index (χ3n) is 5.37. The van der Waals surface area contributed by atoms with Crippen molar-refractivity contribution in [3.05, 3.63) is 29.8 Å². The number of benzene rings is 1. The predicted molar refractivity (Wildman–Crippen MR) is 97.8 cm³/mol. The van der Waals surface area contributed by atoms with E-state index in [-0.39, 0.29) is 23.8 Å². The monoisotopic (exact) mass is 360 g/mol. The molecular formula is C20H28N2O4. The van der Waals surface area contributed by atoms with Gasteiger partial charge in [-0.1, -0.05) is 12.1 Å². The lowest BCUT2D eigenvalue weighted by Crippen LogP contribution is -2.43. The average Bonchev–Trinajstić information content (AvgIpc) is 3.51. The van der Waals surface area contributed by atoms with Crippen LogP contribution in [0.4, 0.5) is 0 Å². The van der Waals surface area contributed by atoms with Crippen molar-refractivity contribution in [1.82, 2.24) is 10.2 Å². The fourth-order valence-corrected chi connectivity index (χ4v) is 3.63. The first-order valence-electron chi connectivity index (χ1n) is 9.34. The van der Waals surface area contributed by atoms with Crippen molar-refractivity contribution < 1.29 is 19.1 Å². The molecule has 1 heterocycles. The van der Waals surface area contributed by atoms with E-state index in [1.165, 1.54) is 7.11 Å². The fourth-order valence-electron chi connectivity index (χ4n) is 3.63. The van der Waals surface area contributed by atoms with E-state index in [4.69, 9.17) is 9.47 Å². The second-order valence-corrected chi connectivity index (χ2v) is 7.23. The Morgan fingerprint density at radius 3 is 2.31 bits per heavy atom. The maximum atomic E-state index is 12.6. The Bertz CT molecular complexity index is 619. The molecule has 1 aromatic rings. The normalized spacial score (nSPS) is 19.6. The highest BCUT2D eigenvalue weighted by atomic mass is 16.5. The molecule has 1 atom stereocenters. The van der Waals surface area contributed by atoms with Crippen LogP contribution < -0.4 is 10.1 Å². The molecule has 26 heavy (non-hydrogen) atoms. The van der Waals surface area contributed by atoms with E-state index < -0.39 is 0 Å².